The predicted molar refractivity (Wildman–Crippen MR) is 80.4 cm³/mol. The van der Waals surface area contributed by atoms with Crippen molar-refractivity contribution in [1.29, 1.82) is 0 Å². The summed E-state index contributed by atoms with van der Waals surface area (Å²) in [4.78, 5) is 2.64. The SMILES string of the molecule is CCNC1CCC(C)(C)CC1CN1CCOCC1C. The van der Waals surface area contributed by atoms with E-state index >= 15 is 0 Å². The van der Waals surface area contributed by atoms with Crippen molar-refractivity contribution in [2.75, 3.05) is 32.8 Å². The summed E-state index contributed by atoms with van der Waals surface area (Å²) < 4.78 is 5.56. The zero-order valence-electron chi connectivity index (χ0n) is 13.2. The minimum Gasteiger partial charge on any atom is -0.379 e. The molecule has 19 heavy (non-hydrogen) atoms. The molecule has 0 aromatic rings. The van der Waals surface area contributed by atoms with Crippen LogP contribution in [0.5, 0.6) is 0 Å². The van der Waals surface area contributed by atoms with Crippen molar-refractivity contribution in [2.24, 2.45) is 11.3 Å². The molecular formula is C16H32N2O. The molecule has 3 heteroatoms. The number of rotatable bonds is 4. The van der Waals surface area contributed by atoms with Crippen LogP contribution < -0.4 is 5.32 Å². The Bertz CT molecular complexity index is 280. The van der Waals surface area contributed by atoms with Crippen molar-refractivity contribution >= 4 is 0 Å². The number of ether oxygens (including phenoxy) is 1. The Morgan fingerprint density at radius 2 is 2.16 bits per heavy atom. The molecule has 1 saturated heterocycles. The Morgan fingerprint density at radius 1 is 1.37 bits per heavy atom. The van der Waals surface area contributed by atoms with Crippen molar-refractivity contribution in [3.05, 3.63) is 0 Å². The fourth-order valence-corrected chi connectivity index (χ4v) is 3.79. The van der Waals surface area contributed by atoms with Gasteiger partial charge >= 0.3 is 0 Å². The molecule has 0 aromatic heterocycles. The van der Waals surface area contributed by atoms with Crippen LogP contribution in [0, 0.1) is 11.3 Å². The largest absolute Gasteiger partial charge is 0.379 e. The van der Waals surface area contributed by atoms with Crippen molar-refractivity contribution in [1.82, 2.24) is 10.2 Å². The molecule has 0 bridgehead atoms. The summed E-state index contributed by atoms with van der Waals surface area (Å²) in [7, 11) is 0. The van der Waals surface area contributed by atoms with Gasteiger partial charge in [-0.25, -0.2) is 0 Å². The molecule has 1 heterocycles. The van der Waals surface area contributed by atoms with Gasteiger partial charge in [-0.05, 0) is 44.1 Å². The molecule has 2 aliphatic rings. The number of nitrogens with one attached hydrogen (secondary N) is 1. The van der Waals surface area contributed by atoms with Crippen LogP contribution in [0.25, 0.3) is 0 Å². The van der Waals surface area contributed by atoms with Gasteiger partial charge in [0, 0.05) is 25.2 Å². The van der Waals surface area contributed by atoms with E-state index in [0.29, 0.717) is 17.5 Å². The van der Waals surface area contributed by atoms with Gasteiger partial charge in [-0.1, -0.05) is 20.8 Å². The van der Waals surface area contributed by atoms with Gasteiger partial charge in [-0.3, -0.25) is 4.90 Å². The molecule has 3 nitrogen and oxygen atoms in total. The smallest absolute Gasteiger partial charge is 0.0619 e. The second kappa shape index (κ2) is 6.55. The number of hydrogen-bond donors (Lipinski definition) is 1. The summed E-state index contributed by atoms with van der Waals surface area (Å²) in [6, 6.07) is 1.30. The second-order valence-electron chi connectivity index (χ2n) is 7.25. The van der Waals surface area contributed by atoms with Crippen LogP contribution in [-0.2, 0) is 4.74 Å². The molecule has 0 radical (unpaired) electrons. The van der Waals surface area contributed by atoms with Gasteiger partial charge in [0.15, 0.2) is 0 Å². The van der Waals surface area contributed by atoms with E-state index in [0.717, 1.165) is 32.2 Å². The van der Waals surface area contributed by atoms with E-state index < -0.39 is 0 Å². The highest BCUT2D eigenvalue weighted by atomic mass is 16.5. The topological polar surface area (TPSA) is 24.5 Å². The summed E-state index contributed by atoms with van der Waals surface area (Å²) in [6.45, 7) is 14.7. The third-order valence-electron chi connectivity index (χ3n) is 4.96. The molecular weight excluding hydrogens is 236 g/mol. The Morgan fingerprint density at radius 3 is 2.84 bits per heavy atom. The quantitative estimate of drug-likeness (QED) is 0.848. The number of nitrogens with zero attached hydrogens (tertiary/aromatic N) is 1. The van der Waals surface area contributed by atoms with Crippen molar-refractivity contribution in [2.45, 2.75) is 59.0 Å². The molecule has 1 aliphatic heterocycles. The molecule has 3 unspecified atom stereocenters. The van der Waals surface area contributed by atoms with Crippen LogP contribution in [0.3, 0.4) is 0 Å². The highest BCUT2D eigenvalue weighted by molar-refractivity contribution is 4.91. The summed E-state index contributed by atoms with van der Waals surface area (Å²) in [6.07, 6.45) is 4.05. The Balaban J connectivity index is 1.96. The van der Waals surface area contributed by atoms with Gasteiger partial charge in [-0.2, -0.15) is 0 Å². The minimum atomic E-state index is 0.520. The Hall–Kier alpha value is -0.120. The van der Waals surface area contributed by atoms with Crippen LogP contribution in [-0.4, -0.2) is 49.8 Å². The predicted octanol–water partition coefficient (Wildman–Crippen LogP) is 2.51. The number of morpholine rings is 1. The van der Waals surface area contributed by atoms with E-state index in [2.05, 4.69) is 37.9 Å². The molecule has 0 spiro atoms. The van der Waals surface area contributed by atoms with Crippen LogP contribution in [0.4, 0.5) is 0 Å². The summed E-state index contributed by atoms with van der Waals surface area (Å²) in [5.74, 6) is 0.796. The monoisotopic (exact) mass is 268 g/mol. The third kappa shape index (κ3) is 4.17. The first-order chi connectivity index (χ1) is 9.02. The van der Waals surface area contributed by atoms with Crippen LogP contribution in [0.2, 0.25) is 0 Å². The molecule has 0 aromatic carbocycles. The first-order valence-corrected chi connectivity index (χ1v) is 8.07. The normalized spacial score (nSPS) is 36.3. The molecule has 1 saturated carbocycles. The fraction of sp³-hybridized carbons (Fsp3) is 1.00. The third-order valence-corrected chi connectivity index (χ3v) is 4.96. The van der Waals surface area contributed by atoms with Crippen LogP contribution in [0.15, 0.2) is 0 Å². The van der Waals surface area contributed by atoms with Crippen LogP contribution in [0.1, 0.15) is 47.0 Å². The van der Waals surface area contributed by atoms with Crippen molar-refractivity contribution in [3.8, 4) is 0 Å². The summed E-state index contributed by atoms with van der Waals surface area (Å²) in [5, 5.41) is 3.72. The average molecular weight is 268 g/mol. The van der Waals surface area contributed by atoms with Crippen molar-refractivity contribution < 1.29 is 4.74 Å². The lowest BCUT2D eigenvalue weighted by Gasteiger charge is -2.45. The molecule has 2 fully saturated rings. The standard InChI is InChI=1S/C16H32N2O/c1-5-17-15-6-7-16(3,4)10-14(15)11-18-8-9-19-12-13(18)2/h13-15,17H,5-12H2,1-4H3. The first-order valence-electron chi connectivity index (χ1n) is 8.07. The zero-order chi connectivity index (χ0) is 13.9. The van der Waals surface area contributed by atoms with E-state index in [1.54, 1.807) is 0 Å². The lowest BCUT2D eigenvalue weighted by atomic mass is 9.69. The molecule has 1 N–H and O–H groups in total. The van der Waals surface area contributed by atoms with E-state index in [1.807, 2.05) is 0 Å². The zero-order valence-corrected chi connectivity index (χ0v) is 13.2. The lowest BCUT2D eigenvalue weighted by Crippen LogP contribution is -2.52. The molecule has 3 atom stereocenters. The Kier molecular flexibility index (Phi) is 5.27. The summed E-state index contributed by atoms with van der Waals surface area (Å²) in [5.41, 5.74) is 0.520. The number of hydrogen-bond acceptors (Lipinski definition) is 3. The van der Waals surface area contributed by atoms with E-state index in [1.165, 1.54) is 25.8 Å². The van der Waals surface area contributed by atoms with Gasteiger partial charge in [0.05, 0.1) is 13.2 Å². The highest BCUT2D eigenvalue weighted by Gasteiger charge is 2.36. The Labute approximate surface area is 119 Å². The first kappa shape index (κ1) is 15.3. The fourth-order valence-electron chi connectivity index (χ4n) is 3.79. The van der Waals surface area contributed by atoms with E-state index in [-0.39, 0.29) is 0 Å². The van der Waals surface area contributed by atoms with Gasteiger partial charge in [0.1, 0.15) is 0 Å². The lowest BCUT2D eigenvalue weighted by molar-refractivity contribution is -0.0181. The molecule has 2 rings (SSSR count). The maximum Gasteiger partial charge on any atom is 0.0619 e. The second-order valence-corrected chi connectivity index (χ2v) is 7.25. The highest BCUT2D eigenvalue weighted by Crippen LogP contribution is 2.39. The van der Waals surface area contributed by atoms with Crippen LogP contribution >= 0.6 is 0 Å². The minimum absolute atomic E-state index is 0.520. The molecule has 1 aliphatic carbocycles. The molecule has 112 valence electrons. The summed E-state index contributed by atoms with van der Waals surface area (Å²) >= 11 is 0. The van der Waals surface area contributed by atoms with Gasteiger partial charge in [0.25, 0.3) is 0 Å². The average Bonchev–Trinajstić information content (AvgIpc) is 2.35. The maximum absolute atomic E-state index is 5.56. The van der Waals surface area contributed by atoms with Gasteiger partial charge < -0.3 is 10.1 Å². The van der Waals surface area contributed by atoms with Gasteiger partial charge in [0.2, 0.25) is 0 Å². The molecule has 0 amide bonds. The van der Waals surface area contributed by atoms with Crippen molar-refractivity contribution in [3.63, 3.8) is 0 Å². The van der Waals surface area contributed by atoms with E-state index in [4.69, 9.17) is 4.74 Å². The van der Waals surface area contributed by atoms with E-state index in [9.17, 15) is 0 Å². The maximum atomic E-state index is 5.56. The van der Waals surface area contributed by atoms with Gasteiger partial charge in [-0.15, -0.1) is 0 Å².